The van der Waals surface area contributed by atoms with Crippen LogP contribution in [0.15, 0.2) is 12.1 Å². The van der Waals surface area contributed by atoms with Crippen LogP contribution in [-0.4, -0.2) is 23.5 Å². The number of nitrogens with one attached hydrogen (secondary N) is 2. The standard InChI is InChI=1S/C15H23N3O/c1-4-6-16-14-9-11(8-12(5-2)17-14)15(19)18-13-7-10(13)3/h8-10,13H,4-7H2,1-3H3,(H,16,17)(H,18,19). The van der Waals surface area contributed by atoms with Gasteiger partial charge in [0.05, 0.1) is 0 Å². The summed E-state index contributed by atoms with van der Waals surface area (Å²) in [5, 5.41) is 6.31. The number of anilines is 1. The van der Waals surface area contributed by atoms with Crippen LogP contribution < -0.4 is 10.6 Å². The highest BCUT2D eigenvalue weighted by atomic mass is 16.1. The predicted molar refractivity (Wildman–Crippen MR) is 77.4 cm³/mol. The van der Waals surface area contributed by atoms with E-state index < -0.39 is 0 Å². The summed E-state index contributed by atoms with van der Waals surface area (Å²) in [5.41, 5.74) is 1.67. The van der Waals surface area contributed by atoms with Crippen LogP contribution in [0.5, 0.6) is 0 Å². The van der Waals surface area contributed by atoms with Crippen molar-refractivity contribution in [3.63, 3.8) is 0 Å². The van der Waals surface area contributed by atoms with E-state index in [4.69, 9.17) is 0 Å². The number of carbonyl (C=O) groups excluding carboxylic acids is 1. The molecule has 0 aliphatic heterocycles. The van der Waals surface area contributed by atoms with Crippen molar-refractivity contribution in [1.29, 1.82) is 0 Å². The Hall–Kier alpha value is -1.58. The fraction of sp³-hybridized carbons (Fsp3) is 0.600. The Bertz CT molecular complexity index is 459. The smallest absolute Gasteiger partial charge is 0.251 e. The molecule has 1 amide bonds. The minimum Gasteiger partial charge on any atom is -0.370 e. The van der Waals surface area contributed by atoms with E-state index in [0.29, 0.717) is 17.5 Å². The second-order valence-electron chi connectivity index (χ2n) is 5.31. The van der Waals surface area contributed by atoms with Crippen molar-refractivity contribution in [2.75, 3.05) is 11.9 Å². The number of hydrogen-bond acceptors (Lipinski definition) is 3. The summed E-state index contributed by atoms with van der Waals surface area (Å²) in [7, 11) is 0. The van der Waals surface area contributed by atoms with Gasteiger partial charge in [0, 0.05) is 23.8 Å². The quantitative estimate of drug-likeness (QED) is 0.827. The molecule has 1 aliphatic rings. The number of pyridine rings is 1. The molecule has 2 unspecified atom stereocenters. The Balaban J connectivity index is 2.11. The highest BCUT2D eigenvalue weighted by Crippen LogP contribution is 2.29. The molecule has 0 aromatic carbocycles. The number of amides is 1. The van der Waals surface area contributed by atoms with Gasteiger partial charge in [-0.05, 0) is 37.3 Å². The number of rotatable bonds is 6. The molecule has 2 N–H and O–H groups in total. The van der Waals surface area contributed by atoms with E-state index in [0.717, 1.165) is 37.3 Å². The van der Waals surface area contributed by atoms with E-state index in [1.54, 1.807) is 0 Å². The molecule has 1 heterocycles. The molecule has 0 bridgehead atoms. The first-order chi connectivity index (χ1) is 9.13. The van der Waals surface area contributed by atoms with Gasteiger partial charge in [0.1, 0.15) is 5.82 Å². The summed E-state index contributed by atoms with van der Waals surface area (Å²) in [6, 6.07) is 4.09. The lowest BCUT2D eigenvalue weighted by atomic mass is 10.1. The first-order valence-corrected chi connectivity index (χ1v) is 7.19. The molecule has 4 heteroatoms. The van der Waals surface area contributed by atoms with E-state index in [1.165, 1.54) is 0 Å². The number of carbonyl (C=O) groups is 1. The Labute approximate surface area is 115 Å². The molecule has 0 spiro atoms. The van der Waals surface area contributed by atoms with Crippen molar-refractivity contribution in [1.82, 2.24) is 10.3 Å². The minimum atomic E-state index is 0.0194. The summed E-state index contributed by atoms with van der Waals surface area (Å²) in [4.78, 5) is 16.7. The lowest BCUT2D eigenvalue weighted by Gasteiger charge is -2.10. The monoisotopic (exact) mass is 261 g/mol. The van der Waals surface area contributed by atoms with Gasteiger partial charge < -0.3 is 10.6 Å². The van der Waals surface area contributed by atoms with Crippen molar-refractivity contribution in [3.8, 4) is 0 Å². The molecule has 1 saturated carbocycles. The Morgan fingerprint density at radius 2 is 2.16 bits per heavy atom. The maximum atomic E-state index is 12.2. The van der Waals surface area contributed by atoms with Gasteiger partial charge >= 0.3 is 0 Å². The van der Waals surface area contributed by atoms with Gasteiger partial charge in [0.25, 0.3) is 5.91 Å². The van der Waals surface area contributed by atoms with Crippen molar-refractivity contribution in [3.05, 3.63) is 23.4 Å². The first kappa shape index (κ1) is 13.8. The predicted octanol–water partition coefficient (Wildman–Crippen LogP) is 2.60. The fourth-order valence-corrected chi connectivity index (χ4v) is 2.02. The third-order valence-corrected chi connectivity index (χ3v) is 3.48. The van der Waals surface area contributed by atoms with Crippen LogP contribution in [0.1, 0.15) is 49.7 Å². The van der Waals surface area contributed by atoms with Crippen LogP contribution >= 0.6 is 0 Å². The van der Waals surface area contributed by atoms with E-state index in [2.05, 4.69) is 36.4 Å². The van der Waals surface area contributed by atoms with Gasteiger partial charge in [-0.1, -0.05) is 20.8 Å². The van der Waals surface area contributed by atoms with E-state index in [1.807, 2.05) is 12.1 Å². The molecule has 0 saturated heterocycles. The maximum absolute atomic E-state index is 12.2. The van der Waals surface area contributed by atoms with Crippen LogP contribution in [0.3, 0.4) is 0 Å². The summed E-state index contributed by atoms with van der Waals surface area (Å²) in [5.74, 6) is 1.44. The fourth-order valence-electron chi connectivity index (χ4n) is 2.02. The van der Waals surface area contributed by atoms with Crippen molar-refractivity contribution < 1.29 is 4.79 Å². The average Bonchev–Trinajstić information content (AvgIpc) is 3.11. The van der Waals surface area contributed by atoms with Gasteiger partial charge in [-0.3, -0.25) is 4.79 Å². The zero-order chi connectivity index (χ0) is 13.8. The Morgan fingerprint density at radius 3 is 2.74 bits per heavy atom. The molecule has 2 rings (SSSR count). The first-order valence-electron chi connectivity index (χ1n) is 7.19. The highest BCUT2D eigenvalue weighted by Gasteiger charge is 2.34. The van der Waals surface area contributed by atoms with Gasteiger partial charge in [-0.2, -0.15) is 0 Å². The molecule has 1 fully saturated rings. The zero-order valence-electron chi connectivity index (χ0n) is 12.0. The number of hydrogen-bond donors (Lipinski definition) is 2. The lowest BCUT2D eigenvalue weighted by Crippen LogP contribution is -2.27. The largest absolute Gasteiger partial charge is 0.370 e. The number of aryl methyl sites for hydroxylation is 1. The van der Waals surface area contributed by atoms with Gasteiger partial charge in [0.15, 0.2) is 0 Å². The SMILES string of the molecule is CCCNc1cc(C(=O)NC2CC2C)cc(CC)n1. The molecular weight excluding hydrogens is 238 g/mol. The molecular formula is C15H23N3O. The summed E-state index contributed by atoms with van der Waals surface area (Å²) in [6.07, 6.45) is 2.97. The normalized spacial score (nSPS) is 21.0. The summed E-state index contributed by atoms with van der Waals surface area (Å²) >= 11 is 0. The zero-order valence-corrected chi connectivity index (χ0v) is 12.0. The Kier molecular flexibility index (Phi) is 4.40. The molecule has 1 aromatic rings. The lowest BCUT2D eigenvalue weighted by molar-refractivity contribution is 0.0949. The third-order valence-electron chi connectivity index (χ3n) is 3.48. The van der Waals surface area contributed by atoms with Gasteiger partial charge in [-0.25, -0.2) is 4.98 Å². The van der Waals surface area contributed by atoms with Crippen molar-refractivity contribution in [2.24, 2.45) is 5.92 Å². The van der Waals surface area contributed by atoms with E-state index in [-0.39, 0.29) is 5.91 Å². The summed E-state index contributed by atoms with van der Waals surface area (Å²) in [6.45, 7) is 7.19. The summed E-state index contributed by atoms with van der Waals surface area (Å²) < 4.78 is 0. The molecule has 1 aromatic heterocycles. The number of aromatic nitrogens is 1. The van der Waals surface area contributed by atoms with Crippen LogP contribution in [0, 0.1) is 5.92 Å². The molecule has 19 heavy (non-hydrogen) atoms. The van der Waals surface area contributed by atoms with Crippen LogP contribution in [0.4, 0.5) is 5.82 Å². The second-order valence-corrected chi connectivity index (χ2v) is 5.31. The van der Waals surface area contributed by atoms with Crippen LogP contribution in [0.25, 0.3) is 0 Å². The second kappa shape index (κ2) is 6.04. The average molecular weight is 261 g/mol. The van der Waals surface area contributed by atoms with Gasteiger partial charge in [0.2, 0.25) is 0 Å². The molecule has 0 radical (unpaired) electrons. The van der Waals surface area contributed by atoms with E-state index in [9.17, 15) is 4.79 Å². The minimum absolute atomic E-state index is 0.0194. The Morgan fingerprint density at radius 1 is 1.42 bits per heavy atom. The van der Waals surface area contributed by atoms with Crippen molar-refractivity contribution >= 4 is 11.7 Å². The van der Waals surface area contributed by atoms with Crippen LogP contribution in [0.2, 0.25) is 0 Å². The maximum Gasteiger partial charge on any atom is 0.251 e. The molecule has 4 nitrogen and oxygen atoms in total. The van der Waals surface area contributed by atoms with Crippen LogP contribution in [-0.2, 0) is 6.42 Å². The molecule has 104 valence electrons. The third kappa shape index (κ3) is 3.69. The topological polar surface area (TPSA) is 54.0 Å². The molecule has 2 atom stereocenters. The van der Waals surface area contributed by atoms with Gasteiger partial charge in [-0.15, -0.1) is 0 Å². The van der Waals surface area contributed by atoms with E-state index >= 15 is 0 Å². The highest BCUT2D eigenvalue weighted by molar-refractivity contribution is 5.95. The molecule has 1 aliphatic carbocycles. The van der Waals surface area contributed by atoms with Crippen molar-refractivity contribution in [2.45, 2.75) is 46.1 Å². The number of nitrogens with zero attached hydrogens (tertiary/aromatic N) is 1.